The molecule has 0 aromatic heterocycles. The fourth-order valence-electron chi connectivity index (χ4n) is 3.50. The van der Waals surface area contributed by atoms with Gasteiger partial charge >= 0.3 is 6.18 Å². The zero-order valence-corrected chi connectivity index (χ0v) is 18.5. The standard InChI is InChI=1S/C28H21F4NO2/c29-24-8-4-7-22(17-24)27(34)33(25-13-11-23(12-14-25)28(30,31)32)18-20-9-15-26(16-10-20)35-19-21-5-2-1-3-6-21/h1-17H,18-19H2. The molecule has 0 aliphatic carbocycles. The second kappa shape index (κ2) is 10.4. The van der Waals surface area contributed by atoms with Crippen molar-refractivity contribution in [1.82, 2.24) is 0 Å². The Balaban J connectivity index is 1.56. The summed E-state index contributed by atoms with van der Waals surface area (Å²) in [6.45, 7) is 0.468. The molecule has 7 heteroatoms. The first-order valence-electron chi connectivity index (χ1n) is 10.8. The van der Waals surface area contributed by atoms with Gasteiger partial charge in [-0.1, -0.05) is 48.5 Å². The minimum atomic E-state index is -4.49. The number of alkyl halides is 3. The lowest BCUT2D eigenvalue weighted by Gasteiger charge is -2.24. The van der Waals surface area contributed by atoms with E-state index in [4.69, 9.17) is 4.74 Å². The molecule has 0 aliphatic heterocycles. The molecule has 0 fully saturated rings. The van der Waals surface area contributed by atoms with Crippen LogP contribution in [0.5, 0.6) is 5.75 Å². The van der Waals surface area contributed by atoms with Gasteiger partial charge in [0.15, 0.2) is 0 Å². The maximum Gasteiger partial charge on any atom is 0.416 e. The minimum Gasteiger partial charge on any atom is -0.489 e. The number of carbonyl (C=O) groups excluding carboxylic acids is 1. The monoisotopic (exact) mass is 479 g/mol. The molecule has 4 aromatic carbocycles. The fourth-order valence-corrected chi connectivity index (χ4v) is 3.50. The molecule has 0 aliphatic rings. The summed E-state index contributed by atoms with van der Waals surface area (Å²) < 4.78 is 58.5. The van der Waals surface area contributed by atoms with E-state index in [1.165, 1.54) is 35.2 Å². The van der Waals surface area contributed by atoms with E-state index in [-0.39, 0.29) is 17.8 Å². The molecule has 1 amide bonds. The van der Waals surface area contributed by atoms with Gasteiger partial charge in [-0.15, -0.1) is 0 Å². The summed E-state index contributed by atoms with van der Waals surface area (Å²) in [7, 11) is 0. The molecule has 0 radical (unpaired) electrons. The first-order chi connectivity index (χ1) is 16.8. The molecule has 0 saturated heterocycles. The lowest BCUT2D eigenvalue weighted by molar-refractivity contribution is -0.137. The highest BCUT2D eigenvalue weighted by Gasteiger charge is 2.30. The molecule has 0 atom stereocenters. The molecule has 0 bridgehead atoms. The van der Waals surface area contributed by atoms with E-state index in [0.717, 1.165) is 29.3 Å². The molecular formula is C28H21F4NO2. The summed E-state index contributed by atoms with van der Waals surface area (Å²) >= 11 is 0. The van der Waals surface area contributed by atoms with E-state index >= 15 is 0 Å². The molecule has 4 rings (SSSR count). The number of benzene rings is 4. The third kappa shape index (κ3) is 6.26. The lowest BCUT2D eigenvalue weighted by atomic mass is 10.1. The molecule has 0 saturated carbocycles. The fraction of sp³-hybridized carbons (Fsp3) is 0.107. The van der Waals surface area contributed by atoms with Crippen molar-refractivity contribution >= 4 is 11.6 Å². The Kier molecular flexibility index (Phi) is 7.15. The van der Waals surface area contributed by atoms with Gasteiger partial charge in [0, 0.05) is 11.3 Å². The van der Waals surface area contributed by atoms with Crippen LogP contribution in [-0.4, -0.2) is 5.91 Å². The second-order valence-electron chi connectivity index (χ2n) is 7.86. The molecule has 0 unspecified atom stereocenters. The Bertz CT molecular complexity index is 1270. The largest absolute Gasteiger partial charge is 0.489 e. The Labute approximate surface area is 200 Å². The highest BCUT2D eigenvalue weighted by Crippen LogP contribution is 2.31. The predicted octanol–water partition coefficient (Wildman–Crippen LogP) is 7.27. The Morgan fingerprint density at radius 3 is 2.09 bits per heavy atom. The quantitative estimate of drug-likeness (QED) is 0.261. The number of carbonyl (C=O) groups is 1. The van der Waals surface area contributed by atoms with Gasteiger partial charge in [-0.05, 0) is 65.7 Å². The highest BCUT2D eigenvalue weighted by atomic mass is 19.4. The van der Waals surface area contributed by atoms with Crippen LogP contribution in [0.4, 0.5) is 23.2 Å². The smallest absolute Gasteiger partial charge is 0.416 e. The van der Waals surface area contributed by atoms with Crippen molar-refractivity contribution in [2.24, 2.45) is 0 Å². The van der Waals surface area contributed by atoms with Crippen LogP contribution in [0, 0.1) is 5.82 Å². The molecule has 0 spiro atoms. The number of amides is 1. The number of anilines is 1. The zero-order chi connectivity index (χ0) is 24.8. The van der Waals surface area contributed by atoms with Crippen LogP contribution in [0.15, 0.2) is 103 Å². The van der Waals surface area contributed by atoms with Crippen LogP contribution in [0.2, 0.25) is 0 Å². The molecule has 4 aromatic rings. The van der Waals surface area contributed by atoms with Gasteiger partial charge in [0.05, 0.1) is 12.1 Å². The van der Waals surface area contributed by atoms with E-state index in [9.17, 15) is 22.4 Å². The van der Waals surface area contributed by atoms with Crippen LogP contribution in [0.25, 0.3) is 0 Å². The topological polar surface area (TPSA) is 29.5 Å². The Hall–Kier alpha value is -4.13. The molecule has 3 nitrogen and oxygen atoms in total. The van der Waals surface area contributed by atoms with Crippen molar-refractivity contribution in [3.05, 3.63) is 131 Å². The van der Waals surface area contributed by atoms with E-state index in [1.54, 1.807) is 24.3 Å². The van der Waals surface area contributed by atoms with Gasteiger partial charge in [-0.3, -0.25) is 4.79 Å². The van der Waals surface area contributed by atoms with Crippen molar-refractivity contribution in [2.75, 3.05) is 4.90 Å². The van der Waals surface area contributed by atoms with E-state index in [1.807, 2.05) is 30.3 Å². The van der Waals surface area contributed by atoms with Gasteiger partial charge in [-0.2, -0.15) is 13.2 Å². The summed E-state index contributed by atoms with van der Waals surface area (Å²) in [5.41, 5.74) is 1.27. The number of rotatable bonds is 7. The summed E-state index contributed by atoms with van der Waals surface area (Å²) in [5, 5.41) is 0. The van der Waals surface area contributed by atoms with Crippen molar-refractivity contribution in [3.8, 4) is 5.75 Å². The first-order valence-corrected chi connectivity index (χ1v) is 10.8. The van der Waals surface area contributed by atoms with Gasteiger partial charge in [-0.25, -0.2) is 4.39 Å². The summed E-state index contributed by atoms with van der Waals surface area (Å²) in [4.78, 5) is 14.5. The van der Waals surface area contributed by atoms with Crippen LogP contribution in [-0.2, 0) is 19.3 Å². The molecular weight excluding hydrogens is 458 g/mol. The van der Waals surface area contributed by atoms with E-state index in [0.29, 0.717) is 12.4 Å². The van der Waals surface area contributed by atoms with E-state index < -0.39 is 23.5 Å². The van der Waals surface area contributed by atoms with E-state index in [2.05, 4.69) is 0 Å². The summed E-state index contributed by atoms with van der Waals surface area (Å²) in [5.74, 6) is -0.480. The average molecular weight is 479 g/mol. The van der Waals surface area contributed by atoms with Crippen molar-refractivity contribution in [3.63, 3.8) is 0 Å². The normalized spacial score (nSPS) is 11.2. The number of nitrogens with zero attached hydrogens (tertiary/aromatic N) is 1. The Morgan fingerprint density at radius 1 is 0.771 bits per heavy atom. The third-order valence-corrected chi connectivity index (χ3v) is 5.34. The highest BCUT2D eigenvalue weighted by molar-refractivity contribution is 6.06. The summed E-state index contributed by atoms with van der Waals surface area (Å²) in [6, 6.07) is 26.2. The SMILES string of the molecule is O=C(c1cccc(F)c1)N(Cc1ccc(OCc2ccccc2)cc1)c1ccc(C(F)(F)F)cc1. The van der Waals surface area contributed by atoms with Crippen LogP contribution in [0.1, 0.15) is 27.0 Å². The molecule has 178 valence electrons. The van der Waals surface area contributed by atoms with Crippen LogP contribution < -0.4 is 9.64 Å². The van der Waals surface area contributed by atoms with Crippen molar-refractivity contribution in [2.45, 2.75) is 19.3 Å². The number of ether oxygens (including phenoxy) is 1. The van der Waals surface area contributed by atoms with Crippen LogP contribution in [0.3, 0.4) is 0 Å². The number of halogens is 4. The number of hydrogen-bond acceptors (Lipinski definition) is 2. The number of hydrogen-bond donors (Lipinski definition) is 0. The van der Waals surface area contributed by atoms with Crippen molar-refractivity contribution in [1.29, 1.82) is 0 Å². The first kappa shape index (κ1) is 24.0. The third-order valence-electron chi connectivity index (χ3n) is 5.34. The molecule has 35 heavy (non-hydrogen) atoms. The Morgan fingerprint density at radius 2 is 1.46 bits per heavy atom. The average Bonchev–Trinajstić information content (AvgIpc) is 2.86. The maximum atomic E-state index is 13.7. The molecule has 0 N–H and O–H groups in total. The second-order valence-corrected chi connectivity index (χ2v) is 7.86. The van der Waals surface area contributed by atoms with Crippen LogP contribution >= 0.6 is 0 Å². The van der Waals surface area contributed by atoms with Gasteiger partial charge in [0.25, 0.3) is 5.91 Å². The molecule has 0 heterocycles. The zero-order valence-electron chi connectivity index (χ0n) is 18.5. The maximum absolute atomic E-state index is 13.7. The summed E-state index contributed by atoms with van der Waals surface area (Å²) in [6.07, 6.45) is -4.49. The van der Waals surface area contributed by atoms with Gasteiger partial charge in [0.1, 0.15) is 18.2 Å². The van der Waals surface area contributed by atoms with Crippen molar-refractivity contribution < 1.29 is 27.1 Å². The predicted molar refractivity (Wildman–Crippen MR) is 126 cm³/mol. The van der Waals surface area contributed by atoms with Gasteiger partial charge in [0.2, 0.25) is 0 Å². The van der Waals surface area contributed by atoms with Gasteiger partial charge < -0.3 is 9.64 Å². The minimum absolute atomic E-state index is 0.0691. The lowest BCUT2D eigenvalue weighted by Crippen LogP contribution is -2.30.